The number of nitrogens with one attached hydrogen (secondary N) is 1. The van der Waals surface area contributed by atoms with Crippen LogP contribution in [0.15, 0.2) is 30.3 Å². The number of rotatable bonds is 4. The number of hydrogen-bond donors (Lipinski definition) is 3. The van der Waals surface area contributed by atoms with E-state index in [1.54, 1.807) is 0 Å². The number of benzene rings is 1. The number of ether oxygens (including phenoxy) is 1. The van der Waals surface area contributed by atoms with E-state index in [-0.39, 0.29) is 19.6 Å². The lowest BCUT2D eigenvalue weighted by atomic mass is 10.2. The molecule has 0 radical (unpaired) electrons. The zero-order chi connectivity index (χ0) is 15.5. The largest absolute Gasteiger partial charge is 0.445 e. The van der Waals surface area contributed by atoms with Crippen molar-refractivity contribution in [2.45, 2.75) is 19.1 Å². The number of alkyl carbamates (subject to hydrolysis) is 1. The average Bonchev–Trinajstić information content (AvgIpc) is 2.79. The van der Waals surface area contributed by atoms with Crippen LogP contribution in [0.3, 0.4) is 0 Å². The van der Waals surface area contributed by atoms with Crippen LogP contribution in [0.2, 0.25) is 0 Å². The molecule has 2 rings (SSSR count). The van der Waals surface area contributed by atoms with Gasteiger partial charge < -0.3 is 10.1 Å². The van der Waals surface area contributed by atoms with Gasteiger partial charge in [-0.1, -0.05) is 30.3 Å². The summed E-state index contributed by atoms with van der Waals surface area (Å²) in [4.78, 5) is 23.5. The van der Waals surface area contributed by atoms with Gasteiger partial charge in [0.05, 0.1) is 0 Å². The predicted molar refractivity (Wildman–Crippen MR) is 75.9 cm³/mol. The zero-order valence-corrected chi connectivity index (χ0v) is 12.2. The molecule has 9 heteroatoms. The molecule has 0 spiro atoms. The van der Waals surface area contributed by atoms with Crippen LogP contribution in [0.5, 0.6) is 0 Å². The Balaban J connectivity index is 1.84. The molecule has 0 aliphatic carbocycles. The van der Waals surface area contributed by atoms with Crippen LogP contribution in [-0.4, -0.2) is 29.3 Å². The summed E-state index contributed by atoms with van der Waals surface area (Å²) in [7, 11) is -3.62. The van der Waals surface area contributed by atoms with Gasteiger partial charge in [-0.2, -0.15) is 0 Å². The van der Waals surface area contributed by atoms with Crippen LogP contribution in [0.4, 0.5) is 4.79 Å². The number of nitrogens with zero attached hydrogens (tertiary/aromatic N) is 1. The monoisotopic (exact) mass is 312 g/mol. The fourth-order valence-electron chi connectivity index (χ4n) is 2.02. The highest BCUT2D eigenvalue weighted by atomic mass is 31.2. The molecule has 0 saturated carbocycles. The van der Waals surface area contributed by atoms with Crippen LogP contribution in [-0.2, 0) is 20.7 Å². The van der Waals surface area contributed by atoms with E-state index in [1.165, 1.54) is 0 Å². The number of nitrogens with two attached hydrogens (primary N) is 2. The van der Waals surface area contributed by atoms with Crippen LogP contribution in [0.1, 0.15) is 12.0 Å². The van der Waals surface area contributed by atoms with E-state index in [1.807, 2.05) is 30.3 Å². The molecule has 114 valence electrons. The molecule has 0 unspecified atom stereocenters. The van der Waals surface area contributed by atoms with Crippen molar-refractivity contribution in [2.75, 3.05) is 6.54 Å². The minimum absolute atomic E-state index is 0.101. The maximum Gasteiger partial charge on any atom is 0.408 e. The van der Waals surface area contributed by atoms with Gasteiger partial charge >= 0.3 is 13.7 Å². The number of hydrogen-bond acceptors (Lipinski definition) is 4. The Morgan fingerprint density at radius 1 is 1.38 bits per heavy atom. The molecule has 1 atom stereocenters. The molecule has 1 aromatic carbocycles. The van der Waals surface area contributed by atoms with Crippen molar-refractivity contribution in [1.29, 1.82) is 0 Å². The molecule has 1 saturated heterocycles. The summed E-state index contributed by atoms with van der Waals surface area (Å²) in [6, 6.07) is 8.33. The van der Waals surface area contributed by atoms with E-state index < -0.39 is 25.6 Å². The van der Waals surface area contributed by atoms with E-state index in [0.717, 1.165) is 10.2 Å². The van der Waals surface area contributed by atoms with Gasteiger partial charge in [-0.25, -0.2) is 4.79 Å². The molecule has 1 aliphatic heterocycles. The van der Waals surface area contributed by atoms with Crippen LogP contribution in [0.25, 0.3) is 0 Å². The Bertz CT molecular complexity index is 574. The Morgan fingerprint density at radius 3 is 2.62 bits per heavy atom. The summed E-state index contributed by atoms with van der Waals surface area (Å²) < 4.78 is 17.4. The van der Waals surface area contributed by atoms with Gasteiger partial charge in [0.1, 0.15) is 12.6 Å². The van der Waals surface area contributed by atoms with E-state index in [9.17, 15) is 14.2 Å². The van der Waals surface area contributed by atoms with Gasteiger partial charge in [-0.15, -0.1) is 0 Å². The molecule has 1 heterocycles. The lowest BCUT2D eigenvalue weighted by molar-refractivity contribution is -0.125. The van der Waals surface area contributed by atoms with Crippen molar-refractivity contribution >= 4 is 19.6 Å². The third-order valence-corrected chi connectivity index (χ3v) is 4.22. The zero-order valence-electron chi connectivity index (χ0n) is 11.3. The molecule has 1 aliphatic rings. The lowest BCUT2D eigenvalue weighted by Crippen LogP contribution is -2.42. The van der Waals surface area contributed by atoms with Crippen LogP contribution >= 0.6 is 7.59 Å². The van der Waals surface area contributed by atoms with E-state index in [2.05, 4.69) is 5.32 Å². The van der Waals surface area contributed by atoms with Gasteiger partial charge in [0.25, 0.3) is 5.91 Å². The maximum absolute atomic E-state index is 11.9. The van der Waals surface area contributed by atoms with E-state index in [0.29, 0.717) is 0 Å². The summed E-state index contributed by atoms with van der Waals surface area (Å²) in [6.07, 6.45) is -0.430. The fraction of sp³-hybridized carbons (Fsp3) is 0.333. The van der Waals surface area contributed by atoms with Crippen molar-refractivity contribution in [3.8, 4) is 0 Å². The Hall–Kier alpha value is -1.89. The summed E-state index contributed by atoms with van der Waals surface area (Å²) in [5, 5.41) is 2.42. The van der Waals surface area contributed by atoms with Gasteiger partial charge in [0.15, 0.2) is 0 Å². The number of amides is 2. The van der Waals surface area contributed by atoms with E-state index >= 15 is 0 Å². The van der Waals surface area contributed by atoms with Crippen molar-refractivity contribution in [3.63, 3.8) is 0 Å². The molecule has 0 aromatic heterocycles. The summed E-state index contributed by atoms with van der Waals surface area (Å²) in [5.41, 5.74) is 11.3. The second-order valence-electron chi connectivity index (χ2n) is 4.68. The highest BCUT2D eigenvalue weighted by Gasteiger charge is 2.39. The van der Waals surface area contributed by atoms with Gasteiger partial charge in [-0.3, -0.25) is 25.0 Å². The Kier molecular flexibility index (Phi) is 4.62. The molecule has 0 bridgehead atoms. The minimum atomic E-state index is -3.62. The van der Waals surface area contributed by atoms with Crippen molar-refractivity contribution in [1.82, 2.24) is 9.99 Å². The maximum atomic E-state index is 11.9. The third kappa shape index (κ3) is 4.04. The SMILES string of the molecule is NP(N)(=O)N1CC[C@@H](NC(=O)OCc2ccccc2)C1=O. The van der Waals surface area contributed by atoms with Crippen LogP contribution in [0, 0.1) is 0 Å². The molecule has 2 amide bonds. The first-order valence-corrected chi connectivity index (χ1v) is 8.14. The topological polar surface area (TPSA) is 128 Å². The van der Waals surface area contributed by atoms with Crippen molar-refractivity contribution in [2.24, 2.45) is 11.0 Å². The summed E-state index contributed by atoms with van der Waals surface area (Å²) in [5.74, 6) is -0.556. The van der Waals surface area contributed by atoms with E-state index in [4.69, 9.17) is 15.7 Å². The highest BCUT2D eigenvalue weighted by Crippen LogP contribution is 2.35. The Morgan fingerprint density at radius 2 is 2.05 bits per heavy atom. The first-order chi connectivity index (χ1) is 9.88. The summed E-state index contributed by atoms with van der Waals surface area (Å²) >= 11 is 0. The lowest BCUT2D eigenvalue weighted by Gasteiger charge is -2.20. The predicted octanol–water partition coefficient (Wildman–Crippen LogP) is 0.539. The number of carbonyl (C=O) groups excluding carboxylic acids is 2. The quantitative estimate of drug-likeness (QED) is 0.696. The standard InChI is InChI=1S/C12H17N4O4P/c13-21(14,19)16-7-6-10(11(16)17)15-12(18)20-8-9-4-2-1-3-5-9/h1-5,10H,6-8H2,(H,15,18)(H4,13,14,19)/t10-/m1/s1. The van der Waals surface area contributed by atoms with Gasteiger partial charge in [0, 0.05) is 6.54 Å². The smallest absolute Gasteiger partial charge is 0.408 e. The Labute approximate surface area is 121 Å². The highest BCUT2D eigenvalue weighted by molar-refractivity contribution is 7.57. The molecule has 1 aromatic rings. The molecule has 1 fully saturated rings. The first kappa shape index (κ1) is 15.5. The molecular weight excluding hydrogens is 295 g/mol. The summed E-state index contributed by atoms with van der Waals surface area (Å²) in [6.45, 7) is 0.246. The second-order valence-corrected chi connectivity index (χ2v) is 6.51. The van der Waals surface area contributed by atoms with Crippen molar-refractivity contribution < 1.29 is 18.9 Å². The molecule has 21 heavy (non-hydrogen) atoms. The number of carbonyl (C=O) groups is 2. The molecular formula is C12H17N4O4P. The first-order valence-electron chi connectivity index (χ1n) is 6.34. The molecule has 8 nitrogen and oxygen atoms in total. The van der Waals surface area contributed by atoms with Crippen molar-refractivity contribution in [3.05, 3.63) is 35.9 Å². The van der Waals surface area contributed by atoms with Gasteiger partial charge in [-0.05, 0) is 12.0 Å². The van der Waals surface area contributed by atoms with Crippen LogP contribution < -0.4 is 16.3 Å². The molecule has 5 N–H and O–H groups in total. The second kappa shape index (κ2) is 6.26. The average molecular weight is 312 g/mol. The minimum Gasteiger partial charge on any atom is -0.445 e. The van der Waals surface area contributed by atoms with Gasteiger partial charge in [0.2, 0.25) is 0 Å². The fourth-order valence-corrected chi connectivity index (χ4v) is 2.89. The normalized spacial score (nSPS) is 18.7. The third-order valence-electron chi connectivity index (χ3n) is 3.06.